The van der Waals surface area contributed by atoms with E-state index in [4.69, 9.17) is 9.97 Å². The van der Waals surface area contributed by atoms with Gasteiger partial charge in [-0.3, -0.25) is 13.7 Å². The minimum Gasteiger partial charge on any atom is -0.309 e. The molecule has 0 unspecified atom stereocenters. The fourth-order valence-electron chi connectivity index (χ4n) is 12.8. The van der Waals surface area contributed by atoms with E-state index < -0.39 is 0 Å². The molecule has 0 fully saturated rings. The summed E-state index contributed by atoms with van der Waals surface area (Å²) < 4.78 is 11.7. The molecule has 0 saturated carbocycles. The van der Waals surface area contributed by atoms with Crippen molar-refractivity contribution in [2.45, 2.75) is 0 Å². The van der Waals surface area contributed by atoms with Gasteiger partial charge >= 0.3 is 0 Å². The van der Waals surface area contributed by atoms with Gasteiger partial charge in [0.25, 0.3) is 0 Å². The Hall–Kier alpha value is -10.5. The van der Waals surface area contributed by atoms with Crippen molar-refractivity contribution in [3.8, 4) is 40.1 Å². The second-order valence-corrected chi connectivity index (χ2v) is 20.2. The molecular weight excluding hydrogens is 939 g/mol. The standard InChI is InChI=1S/C70H43N7/c1-2-18-46(19-3-1)73-60-29-13-10-26-54(60)55-40-44(34-37-65(55)73)45-35-38-66-56(41-45)57-42-47(74-58-27-11-4-20-48(58)49-21-5-12-28-59(49)74)36-39-67(57)77(66)70-71-68(75-61-30-14-6-22-50(61)51-23-7-15-31-62(51)75)43-69(72-70)76-63-32-16-8-24-52(63)53-25-9-17-33-64(53)76/h1-43H. The molecule has 0 aliphatic rings. The number of rotatable bonds is 6. The summed E-state index contributed by atoms with van der Waals surface area (Å²) >= 11 is 0. The molecule has 0 bridgehead atoms. The quantitative estimate of drug-likeness (QED) is 0.167. The molecule has 0 atom stereocenters. The summed E-state index contributed by atoms with van der Waals surface area (Å²) in [6, 6.07) is 94.4. The molecule has 0 radical (unpaired) electrons. The van der Waals surface area contributed by atoms with Crippen LogP contribution in [0.3, 0.4) is 0 Å². The molecule has 0 aliphatic carbocycles. The number of hydrogen-bond acceptors (Lipinski definition) is 2. The lowest BCUT2D eigenvalue weighted by Gasteiger charge is -2.15. The van der Waals surface area contributed by atoms with Crippen LogP contribution in [0.5, 0.6) is 0 Å². The van der Waals surface area contributed by atoms with Crippen molar-refractivity contribution in [3.63, 3.8) is 0 Å². The second kappa shape index (κ2) is 16.0. The molecule has 6 heterocycles. The molecule has 0 saturated heterocycles. The summed E-state index contributed by atoms with van der Waals surface area (Å²) in [5, 5.41) is 11.8. The lowest BCUT2D eigenvalue weighted by Crippen LogP contribution is -2.10. The van der Waals surface area contributed by atoms with Gasteiger partial charge in [-0.15, -0.1) is 0 Å². The van der Waals surface area contributed by atoms with Gasteiger partial charge in [-0.25, -0.2) is 0 Å². The van der Waals surface area contributed by atoms with E-state index in [0.29, 0.717) is 5.95 Å². The van der Waals surface area contributed by atoms with E-state index in [-0.39, 0.29) is 0 Å². The largest absolute Gasteiger partial charge is 0.309 e. The van der Waals surface area contributed by atoms with E-state index in [0.717, 1.165) is 78.0 Å². The summed E-state index contributed by atoms with van der Waals surface area (Å²) in [6.07, 6.45) is 0. The van der Waals surface area contributed by atoms with E-state index in [2.05, 4.69) is 284 Å². The van der Waals surface area contributed by atoms with Gasteiger partial charge in [0.2, 0.25) is 5.95 Å². The molecular formula is C70H43N7. The first kappa shape index (κ1) is 41.9. The highest BCUT2D eigenvalue weighted by molar-refractivity contribution is 6.15. The highest BCUT2D eigenvalue weighted by Crippen LogP contribution is 2.42. The number of nitrogens with zero attached hydrogens (tertiary/aromatic N) is 7. The number of aromatic nitrogens is 7. The van der Waals surface area contributed by atoms with Crippen molar-refractivity contribution < 1.29 is 0 Å². The van der Waals surface area contributed by atoms with E-state index >= 15 is 0 Å². The summed E-state index contributed by atoms with van der Waals surface area (Å²) in [4.78, 5) is 11.4. The van der Waals surface area contributed by atoms with Gasteiger partial charge < -0.3 is 9.13 Å². The zero-order valence-corrected chi connectivity index (χ0v) is 41.5. The molecule has 7 nitrogen and oxygen atoms in total. The van der Waals surface area contributed by atoms with E-state index in [1.54, 1.807) is 0 Å². The maximum absolute atomic E-state index is 5.71. The summed E-state index contributed by atoms with van der Waals surface area (Å²) in [7, 11) is 0. The molecule has 0 spiro atoms. The van der Waals surface area contributed by atoms with Crippen LogP contribution in [0.1, 0.15) is 0 Å². The molecule has 0 amide bonds. The van der Waals surface area contributed by atoms with Crippen molar-refractivity contribution in [1.82, 2.24) is 32.8 Å². The lowest BCUT2D eigenvalue weighted by atomic mass is 10.0. The lowest BCUT2D eigenvalue weighted by molar-refractivity contribution is 0.918. The van der Waals surface area contributed by atoms with Crippen LogP contribution in [0.25, 0.3) is 149 Å². The van der Waals surface area contributed by atoms with Gasteiger partial charge in [0.1, 0.15) is 11.6 Å². The number of hydrogen-bond donors (Lipinski definition) is 0. The van der Waals surface area contributed by atoms with Gasteiger partial charge in [0.15, 0.2) is 0 Å². The maximum atomic E-state index is 5.71. The van der Waals surface area contributed by atoms with Crippen LogP contribution in [0, 0.1) is 0 Å². The SMILES string of the molecule is c1ccc(-n2c3ccccc3c3cc(-c4ccc5c(c4)c4cc(-n6c7ccccc7c7ccccc76)ccc4n5-c4nc(-n5c6ccccc6c6ccccc65)cc(-n5c6ccccc6c6ccccc65)n4)ccc32)cc1. The van der Waals surface area contributed by atoms with Crippen molar-refractivity contribution in [3.05, 3.63) is 261 Å². The number of benzene rings is 11. The highest BCUT2D eigenvalue weighted by atomic mass is 15.2. The Morgan fingerprint density at radius 3 is 0.922 bits per heavy atom. The fraction of sp³-hybridized carbons (Fsp3) is 0. The topological polar surface area (TPSA) is 50.4 Å². The molecule has 7 heteroatoms. The van der Waals surface area contributed by atoms with Gasteiger partial charge in [0, 0.05) is 71.3 Å². The van der Waals surface area contributed by atoms with E-state index in [1.807, 2.05) is 0 Å². The van der Waals surface area contributed by atoms with E-state index in [1.165, 1.54) is 65.2 Å². The molecule has 11 aromatic carbocycles. The molecule has 17 aromatic rings. The molecule has 0 N–H and O–H groups in total. The van der Waals surface area contributed by atoms with Crippen LogP contribution in [0.4, 0.5) is 0 Å². The number of para-hydroxylation sites is 8. The monoisotopic (exact) mass is 981 g/mol. The average molecular weight is 982 g/mol. The van der Waals surface area contributed by atoms with Crippen LogP contribution < -0.4 is 0 Å². The fourth-order valence-corrected chi connectivity index (χ4v) is 12.8. The van der Waals surface area contributed by atoms with Gasteiger partial charge in [-0.1, -0.05) is 158 Å². The Labute approximate surface area is 440 Å². The average Bonchev–Trinajstić information content (AvgIpc) is 4.37. The molecule has 358 valence electrons. The molecule has 77 heavy (non-hydrogen) atoms. The van der Waals surface area contributed by atoms with Crippen LogP contribution in [-0.4, -0.2) is 32.8 Å². The normalized spacial score (nSPS) is 12.2. The highest BCUT2D eigenvalue weighted by Gasteiger charge is 2.24. The van der Waals surface area contributed by atoms with Crippen LogP contribution in [0.15, 0.2) is 261 Å². The Morgan fingerprint density at radius 1 is 0.195 bits per heavy atom. The van der Waals surface area contributed by atoms with E-state index in [9.17, 15) is 0 Å². The minimum absolute atomic E-state index is 0.578. The first-order chi connectivity index (χ1) is 38.2. The van der Waals surface area contributed by atoms with Gasteiger partial charge in [-0.05, 0) is 108 Å². The molecule has 6 aromatic heterocycles. The smallest absolute Gasteiger partial charge is 0.238 e. The Morgan fingerprint density at radius 2 is 0.494 bits per heavy atom. The molecule has 17 rings (SSSR count). The first-order valence-corrected chi connectivity index (χ1v) is 26.2. The predicted octanol–water partition coefficient (Wildman–Crippen LogP) is 17.6. The number of fused-ring (bicyclic) bond motifs is 15. The Balaban J connectivity index is 0.961. The zero-order chi connectivity index (χ0) is 50.3. The van der Waals surface area contributed by atoms with Crippen molar-refractivity contribution >= 4 is 109 Å². The molecule has 0 aliphatic heterocycles. The Bertz CT molecular complexity index is 5000. The zero-order valence-electron chi connectivity index (χ0n) is 41.5. The first-order valence-electron chi connectivity index (χ1n) is 26.2. The maximum Gasteiger partial charge on any atom is 0.238 e. The third kappa shape index (κ3) is 6.02. The van der Waals surface area contributed by atoms with Crippen LogP contribution in [-0.2, 0) is 0 Å². The predicted molar refractivity (Wildman–Crippen MR) is 319 cm³/mol. The van der Waals surface area contributed by atoms with Crippen molar-refractivity contribution in [2.75, 3.05) is 0 Å². The van der Waals surface area contributed by atoms with Crippen LogP contribution in [0.2, 0.25) is 0 Å². The van der Waals surface area contributed by atoms with Crippen molar-refractivity contribution in [2.24, 2.45) is 0 Å². The third-order valence-electron chi connectivity index (χ3n) is 16.1. The van der Waals surface area contributed by atoms with Crippen molar-refractivity contribution in [1.29, 1.82) is 0 Å². The summed E-state index contributed by atoms with van der Waals surface area (Å²) in [6.45, 7) is 0. The van der Waals surface area contributed by atoms with Gasteiger partial charge in [0.05, 0.1) is 55.2 Å². The Kier molecular flexibility index (Phi) is 8.71. The summed E-state index contributed by atoms with van der Waals surface area (Å²) in [5.41, 5.74) is 15.5. The second-order valence-electron chi connectivity index (χ2n) is 20.2. The van der Waals surface area contributed by atoms with Crippen LogP contribution >= 0.6 is 0 Å². The third-order valence-corrected chi connectivity index (χ3v) is 16.1. The summed E-state index contributed by atoms with van der Waals surface area (Å²) in [5.74, 6) is 2.13. The minimum atomic E-state index is 0.578. The van der Waals surface area contributed by atoms with Gasteiger partial charge in [-0.2, -0.15) is 9.97 Å².